The Hall–Kier alpha value is -0.820. The molecule has 0 N–H and O–H groups in total. The zero-order valence-electron chi connectivity index (χ0n) is 12.7. The Morgan fingerprint density at radius 1 is 1.23 bits per heavy atom. The number of ether oxygens (including phenoxy) is 1. The minimum atomic E-state index is -3.48. The summed E-state index contributed by atoms with van der Waals surface area (Å²) in [4.78, 5) is 2.65. The zero-order chi connectivity index (χ0) is 15.7. The van der Waals surface area contributed by atoms with Gasteiger partial charge in [0.2, 0.25) is 10.0 Å². The molecule has 2 saturated heterocycles. The van der Waals surface area contributed by atoms with E-state index in [1.165, 1.54) is 26.0 Å². The fourth-order valence-corrected chi connectivity index (χ4v) is 5.13. The van der Waals surface area contributed by atoms with Gasteiger partial charge < -0.3 is 4.74 Å². The molecule has 0 aliphatic carbocycles. The van der Waals surface area contributed by atoms with Crippen LogP contribution in [0.15, 0.2) is 23.1 Å². The van der Waals surface area contributed by atoms with Crippen molar-refractivity contribution < 1.29 is 13.2 Å². The highest BCUT2D eigenvalue weighted by molar-refractivity contribution is 7.89. The summed E-state index contributed by atoms with van der Waals surface area (Å²) in [6.45, 7) is 3.33. The lowest BCUT2D eigenvalue weighted by Crippen LogP contribution is -2.37. The van der Waals surface area contributed by atoms with Gasteiger partial charge in [-0.2, -0.15) is 4.31 Å². The third kappa shape index (κ3) is 2.97. The maximum absolute atomic E-state index is 12.8. The summed E-state index contributed by atoms with van der Waals surface area (Å²) < 4.78 is 32.2. The molecule has 3 rings (SSSR count). The molecular weight excluding hydrogens is 324 g/mol. The maximum atomic E-state index is 12.8. The molecule has 1 aromatic rings. The van der Waals surface area contributed by atoms with Crippen molar-refractivity contribution in [3.63, 3.8) is 0 Å². The molecule has 2 heterocycles. The fraction of sp³-hybridized carbons (Fsp3) is 0.600. The van der Waals surface area contributed by atoms with Crippen LogP contribution >= 0.6 is 11.6 Å². The summed E-state index contributed by atoms with van der Waals surface area (Å²) in [6.07, 6.45) is 3.35. The van der Waals surface area contributed by atoms with E-state index in [4.69, 9.17) is 16.3 Å². The molecule has 0 spiro atoms. The van der Waals surface area contributed by atoms with Crippen LogP contribution < -0.4 is 4.74 Å². The van der Waals surface area contributed by atoms with Gasteiger partial charge in [0.1, 0.15) is 5.75 Å². The number of rotatable bonds is 4. The third-order valence-electron chi connectivity index (χ3n) is 4.54. The summed E-state index contributed by atoms with van der Waals surface area (Å²) >= 11 is 6.06. The van der Waals surface area contributed by atoms with E-state index in [9.17, 15) is 8.42 Å². The molecule has 1 aromatic carbocycles. The molecule has 0 bridgehead atoms. The van der Waals surface area contributed by atoms with Crippen molar-refractivity contribution in [3.8, 4) is 5.75 Å². The van der Waals surface area contributed by atoms with Gasteiger partial charge in [-0.05, 0) is 50.6 Å². The molecule has 122 valence electrons. The molecule has 2 aliphatic rings. The first-order chi connectivity index (χ1) is 10.5. The normalized spacial score (nSPS) is 24.0. The molecule has 7 heteroatoms. The van der Waals surface area contributed by atoms with Gasteiger partial charge in [0, 0.05) is 19.1 Å². The minimum absolute atomic E-state index is 0.236. The van der Waals surface area contributed by atoms with Gasteiger partial charge in [-0.1, -0.05) is 11.6 Å². The second-order valence-electron chi connectivity index (χ2n) is 5.84. The average molecular weight is 345 g/mol. The standard InChI is InChI=1S/C15H21ClN2O3S/c1-21-15-5-4-13(10-14(15)16)22(19,20)18-9-6-12(11-18)17-7-2-3-8-17/h4-5,10,12H,2-3,6-9,11H2,1H3. The van der Waals surface area contributed by atoms with Crippen molar-refractivity contribution in [2.75, 3.05) is 33.3 Å². The number of nitrogens with zero attached hydrogens (tertiary/aromatic N) is 2. The Kier molecular flexibility index (Phi) is 4.64. The molecule has 0 amide bonds. The van der Waals surface area contributed by atoms with E-state index in [2.05, 4.69) is 4.90 Å². The topological polar surface area (TPSA) is 49.9 Å². The van der Waals surface area contributed by atoms with Gasteiger partial charge in [-0.15, -0.1) is 0 Å². The van der Waals surface area contributed by atoms with Crippen molar-refractivity contribution >= 4 is 21.6 Å². The molecule has 0 saturated carbocycles. The molecule has 0 aromatic heterocycles. The quantitative estimate of drug-likeness (QED) is 0.840. The number of sulfonamides is 1. The Labute approximate surface area is 136 Å². The van der Waals surface area contributed by atoms with Crippen molar-refractivity contribution in [2.45, 2.75) is 30.2 Å². The lowest BCUT2D eigenvalue weighted by molar-refractivity contribution is 0.251. The molecular formula is C15H21ClN2O3S. The average Bonchev–Trinajstić information content (AvgIpc) is 3.18. The minimum Gasteiger partial charge on any atom is -0.495 e. The van der Waals surface area contributed by atoms with Gasteiger partial charge in [-0.3, -0.25) is 4.90 Å². The number of hydrogen-bond acceptors (Lipinski definition) is 4. The fourth-order valence-electron chi connectivity index (χ4n) is 3.29. The van der Waals surface area contributed by atoms with Crippen LogP contribution in [0.4, 0.5) is 0 Å². The highest BCUT2D eigenvalue weighted by Gasteiger charge is 2.36. The van der Waals surface area contributed by atoms with Gasteiger partial charge >= 0.3 is 0 Å². The number of hydrogen-bond donors (Lipinski definition) is 0. The molecule has 1 unspecified atom stereocenters. The smallest absolute Gasteiger partial charge is 0.243 e. The number of halogens is 1. The van der Waals surface area contributed by atoms with Crippen LogP contribution in [0.5, 0.6) is 5.75 Å². The van der Waals surface area contributed by atoms with Crippen LogP contribution in [-0.4, -0.2) is 57.0 Å². The molecule has 1 atom stereocenters. The number of likely N-dealkylation sites (tertiary alicyclic amines) is 1. The van der Waals surface area contributed by atoms with E-state index in [0.29, 0.717) is 29.9 Å². The van der Waals surface area contributed by atoms with E-state index < -0.39 is 10.0 Å². The van der Waals surface area contributed by atoms with E-state index in [1.807, 2.05) is 0 Å². The lowest BCUT2D eigenvalue weighted by Gasteiger charge is -2.23. The molecule has 22 heavy (non-hydrogen) atoms. The Balaban J connectivity index is 1.77. The predicted molar refractivity (Wildman–Crippen MR) is 86.0 cm³/mol. The van der Waals surface area contributed by atoms with Gasteiger partial charge in [-0.25, -0.2) is 8.42 Å². The summed E-state index contributed by atoms with van der Waals surface area (Å²) in [5.74, 6) is 0.483. The van der Waals surface area contributed by atoms with Crippen LogP contribution in [0.25, 0.3) is 0 Å². The van der Waals surface area contributed by atoms with E-state index >= 15 is 0 Å². The third-order valence-corrected chi connectivity index (χ3v) is 6.70. The number of benzene rings is 1. The second-order valence-corrected chi connectivity index (χ2v) is 8.19. The summed E-state index contributed by atoms with van der Waals surface area (Å²) in [6, 6.07) is 4.98. The monoisotopic (exact) mass is 344 g/mol. The largest absolute Gasteiger partial charge is 0.495 e. The van der Waals surface area contributed by atoms with Crippen LogP contribution in [0.1, 0.15) is 19.3 Å². The van der Waals surface area contributed by atoms with Gasteiger partial charge in [0.25, 0.3) is 0 Å². The van der Waals surface area contributed by atoms with Crippen molar-refractivity contribution in [1.29, 1.82) is 0 Å². The van der Waals surface area contributed by atoms with Crippen molar-refractivity contribution in [1.82, 2.24) is 9.21 Å². The highest BCUT2D eigenvalue weighted by atomic mass is 35.5. The van der Waals surface area contributed by atoms with E-state index in [1.54, 1.807) is 16.4 Å². The van der Waals surface area contributed by atoms with Crippen molar-refractivity contribution in [2.24, 2.45) is 0 Å². The molecule has 0 radical (unpaired) electrons. The molecule has 5 nitrogen and oxygen atoms in total. The summed E-state index contributed by atoms with van der Waals surface area (Å²) in [7, 11) is -1.97. The predicted octanol–water partition coefficient (Wildman–Crippen LogP) is 2.21. The van der Waals surface area contributed by atoms with Crippen LogP contribution in [0, 0.1) is 0 Å². The Morgan fingerprint density at radius 3 is 2.59 bits per heavy atom. The first-order valence-corrected chi connectivity index (χ1v) is 9.42. The van der Waals surface area contributed by atoms with Crippen molar-refractivity contribution in [3.05, 3.63) is 23.2 Å². The lowest BCUT2D eigenvalue weighted by atomic mass is 10.2. The van der Waals surface area contributed by atoms with Gasteiger partial charge in [0.15, 0.2) is 0 Å². The van der Waals surface area contributed by atoms with E-state index in [0.717, 1.165) is 19.5 Å². The summed E-state index contributed by atoms with van der Waals surface area (Å²) in [5.41, 5.74) is 0. The Bertz CT molecular complexity index is 644. The SMILES string of the molecule is COc1ccc(S(=O)(=O)N2CCC(N3CCCC3)C2)cc1Cl. The zero-order valence-corrected chi connectivity index (χ0v) is 14.2. The highest BCUT2D eigenvalue weighted by Crippen LogP contribution is 2.30. The first-order valence-electron chi connectivity index (χ1n) is 7.60. The second kappa shape index (κ2) is 6.35. The van der Waals surface area contributed by atoms with Crippen LogP contribution in [0.2, 0.25) is 5.02 Å². The number of methoxy groups -OCH3 is 1. The van der Waals surface area contributed by atoms with Crippen LogP contribution in [-0.2, 0) is 10.0 Å². The molecule has 2 fully saturated rings. The maximum Gasteiger partial charge on any atom is 0.243 e. The molecule has 2 aliphatic heterocycles. The van der Waals surface area contributed by atoms with Gasteiger partial charge in [0.05, 0.1) is 17.0 Å². The Morgan fingerprint density at radius 2 is 1.95 bits per heavy atom. The first kappa shape index (κ1) is 16.1. The van der Waals surface area contributed by atoms with E-state index in [-0.39, 0.29) is 4.90 Å². The summed E-state index contributed by atoms with van der Waals surface area (Å²) in [5, 5.41) is 0.318. The van der Waals surface area contributed by atoms with Crippen LogP contribution in [0.3, 0.4) is 0 Å².